The maximum Gasteiger partial charge on any atom is 0.225 e. The number of hydrogen-bond acceptors (Lipinski definition) is 2. The van der Waals surface area contributed by atoms with Crippen molar-refractivity contribution in [2.24, 2.45) is 5.92 Å². The maximum atomic E-state index is 11.3. The monoisotopic (exact) mass is 205 g/mol. The molecule has 1 aliphatic rings. The summed E-state index contributed by atoms with van der Waals surface area (Å²) in [7, 11) is 0. The Hall–Kier alpha value is -1.35. The SMILES string of the molecule is O=C1N[C@H](CCO)[C@H]1Cc1ccccc1. The highest BCUT2D eigenvalue weighted by Crippen LogP contribution is 2.22. The van der Waals surface area contributed by atoms with Crippen LogP contribution in [0.2, 0.25) is 0 Å². The van der Waals surface area contributed by atoms with Gasteiger partial charge in [-0.05, 0) is 18.4 Å². The van der Waals surface area contributed by atoms with Gasteiger partial charge in [-0.3, -0.25) is 4.79 Å². The highest BCUT2D eigenvalue weighted by atomic mass is 16.3. The second-order valence-corrected chi connectivity index (χ2v) is 3.92. The van der Waals surface area contributed by atoms with E-state index in [2.05, 4.69) is 5.32 Å². The smallest absolute Gasteiger partial charge is 0.225 e. The zero-order valence-electron chi connectivity index (χ0n) is 8.52. The first-order valence-corrected chi connectivity index (χ1v) is 5.26. The fraction of sp³-hybridized carbons (Fsp3) is 0.417. The number of carbonyl (C=O) groups excluding carboxylic acids is 1. The lowest BCUT2D eigenvalue weighted by Crippen LogP contribution is -2.59. The molecule has 1 saturated heterocycles. The van der Waals surface area contributed by atoms with E-state index in [9.17, 15) is 4.79 Å². The summed E-state index contributed by atoms with van der Waals surface area (Å²) in [6.07, 6.45) is 1.43. The number of aliphatic hydroxyl groups is 1. The molecule has 1 fully saturated rings. The third kappa shape index (κ3) is 2.18. The number of nitrogens with one attached hydrogen (secondary N) is 1. The molecule has 80 valence electrons. The Labute approximate surface area is 89.1 Å². The van der Waals surface area contributed by atoms with Crippen LogP contribution < -0.4 is 5.32 Å². The van der Waals surface area contributed by atoms with Gasteiger partial charge in [0, 0.05) is 12.6 Å². The number of benzene rings is 1. The van der Waals surface area contributed by atoms with Crippen LogP contribution in [-0.2, 0) is 11.2 Å². The molecule has 1 aliphatic heterocycles. The predicted molar refractivity (Wildman–Crippen MR) is 57.3 cm³/mol. The van der Waals surface area contributed by atoms with Crippen LogP contribution in [0.1, 0.15) is 12.0 Å². The largest absolute Gasteiger partial charge is 0.396 e. The summed E-state index contributed by atoms with van der Waals surface area (Å²) in [5, 5.41) is 11.6. The van der Waals surface area contributed by atoms with Crippen molar-refractivity contribution in [3.63, 3.8) is 0 Å². The molecule has 0 aliphatic carbocycles. The third-order valence-electron chi connectivity index (χ3n) is 2.89. The summed E-state index contributed by atoms with van der Waals surface area (Å²) in [6, 6.07) is 10.1. The number of carbonyl (C=O) groups is 1. The molecule has 1 aromatic rings. The molecule has 1 heterocycles. The summed E-state index contributed by atoms with van der Waals surface area (Å²) in [4.78, 5) is 11.3. The van der Waals surface area contributed by atoms with E-state index >= 15 is 0 Å². The molecule has 15 heavy (non-hydrogen) atoms. The lowest BCUT2D eigenvalue weighted by molar-refractivity contribution is -0.135. The van der Waals surface area contributed by atoms with E-state index in [4.69, 9.17) is 5.11 Å². The van der Waals surface area contributed by atoms with Crippen LogP contribution >= 0.6 is 0 Å². The maximum absolute atomic E-state index is 11.3. The van der Waals surface area contributed by atoms with Crippen molar-refractivity contribution in [1.29, 1.82) is 0 Å². The lowest BCUT2D eigenvalue weighted by atomic mass is 9.83. The second kappa shape index (κ2) is 4.45. The van der Waals surface area contributed by atoms with Gasteiger partial charge in [0.15, 0.2) is 0 Å². The van der Waals surface area contributed by atoms with Gasteiger partial charge in [0.1, 0.15) is 0 Å². The molecule has 0 unspecified atom stereocenters. The van der Waals surface area contributed by atoms with E-state index in [0.717, 1.165) is 6.42 Å². The minimum absolute atomic E-state index is 0.0412. The number of β-lactam (4-membered cyclic amide) rings is 1. The molecule has 2 rings (SSSR count). The van der Waals surface area contributed by atoms with E-state index in [1.54, 1.807) is 0 Å². The van der Waals surface area contributed by atoms with Crippen molar-refractivity contribution >= 4 is 5.91 Å². The fourth-order valence-electron chi connectivity index (χ4n) is 1.99. The molecule has 0 saturated carbocycles. The van der Waals surface area contributed by atoms with Crippen LogP contribution in [0.5, 0.6) is 0 Å². The normalized spacial score (nSPS) is 24.5. The molecule has 0 radical (unpaired) electrons. The van der Waals surface area contributed by atoms with Crippen molar-refractivity contribution in [3.8, 4) is 0 Å². The molecule has 3 nitrogen and oxygen atoms in total. The van der Waals surface area contributed by atoms with Crippen molar-refractivity contribution in [3.05, 3.63) is 35.9 Å². The van der Waals surface area contributed by atoms with Crippen molar-refractivity contribution in [1.82, 2.24) is 5.32 Å². The molecular weight excluding hydrogens is 190 g/mol. The van der Waals surface area contributed by atoms with E-state index in [1.165, 1.54) is 5.56 Å². The van der Waals surface area contributed by atoms with Crippen molar-refractivity contribution in [2.75, 3.05) is 6.61 Å². The Bertz CT molecular complexity index is 337. The van der Waals surface area contributed by atoms with Gasteiger partial charge in [-0.25, -0.2) is 0 Å². The van der Waals surface area contributed by atoms with Crippen LogP contribution in [0, 0.1) is 5.92 Å². The molecule has 0 aromatic heterocycles. The lowest BCUT2D eigenvalue weighted by Gasteiger charge is -2.36. The first-order valence-electron chi connectivity index (χ1n) is 5.26. The van der Waals surface area contributed by atoms with Gasteiger partial charge in [0.05, 0.1) is 5.92 Å². The van der Waals surface area contributed by atoms with E-state index in [1.807, 2.05) is 30.3 Å². The Balaban J connectivity index is 1.96. The van der Waals surface area contributed by atoms with Crippen molar-refractivity contribution in [2.45, 2.75) is 18.9 Å². The summed E-state index contributed by atoms with van der Waals surface area (Å²) in [5.41, 5.74) is 1.18. The standard InChI is InChI=1S/C12H15NO2/c14-7-6-11-10(12(15)13-11)8-9-4-2-1-3-5-9/h1-5,10-11,14H,6-8H2,(H,13,15)/t10-,11-/m1/s1. The van der Waals surface area contributed by atoms with Crippen LogP contribution in [-0.4, -0.2) is 23.7 Å². The summed E-state index contributed by atoms with van der Waals surface area (Å²) in [6.45, 7) is 0.135. The van der Waals surface area contributed by atoms with E-state index in [0.29, 0.717) is 6.42 Å². The summed E-state index contributed by atoms with van der Waals surface area (Å²) >= 11 is 0. The van der Waals surface area contributed by atoms with Gasteiger partial charge in [0.2, 0.25) is 5.91 Å². The average molecular weight is 205 g/mol. The van der Waals surface area contributed by atoms with Gasteiger partial charge < -0.3 is 10.4 Å². The molecule has 1 amide bonds. The topological polar surface area (TPSA) is 49.3 Å². The first kappa shape index (κ1) is 10.2. The molecular formula is C12H15NO2. The minimum Gasteiger partial charge on any atom is -0.396 e. The molecule has 0 bridgehead atoms. The Morgan fingerprint density at radius 1 is 1.27 bits per heavy atom. The molecule has 2 N–H and O–H groups in total. The minimum atomic E-state index is 0.0412. The zero-order valence-corrected chi connectivity index (χ0v) is 8.52. The van der Waals surface area contributed by atoms with Gasteiger partial charge in [-0.2, -0.15) is 0 Å². The highest BCUT2D eigenvalue weighted by Gasteiger charge is 2.38. The van der Waals surface area contributed by atoms with Gasteiger partial charge >= 0.3 is 0 Å². The van der Waals surface area contributed by atoms with Gasteiger partial charge in [-0.1, -0.05) is 30.3 Å². The average Bonchev–Trinajstić information content (AvgIpc) is 2.27. The quantitative estimate of drug-likeness (QED) is 0.712. The second-order valence-electron chi connectivity index (χ2n) is 3.92. The molecule has 3 heteroatoms. The molecule has 2 atom stereocenters. The van der Waals surface area contributed by atoms with Crippen LogP contribution in [0.4, 0.5) is 0 Å². The predicted octanol–water partition coefficient (Wildman–Crippen LogP) is 0.726. The zero-order chi connectivity index (χ0) is 10.7. The Morgan fingerprint density at radius 3 is 2.60 bits per heavy atom. The number of hydrogen-bond donors (Lipinski definition) is 2. The molecule has 1 aromatic carbocycles. The van der Waals surface area contributed by atoms with Crippen LogP contribution in [0.25, 0.3) is 0 Å². The number of aliphatic hydroxyl groups excluding tert-OH is 1. The van der Waals surface area contributed by atoms with E-state index < -0.39 is 0 Å². The highest BCUT2D eigenvalue weighted by molar-refractivity contribution is 5.86. The summed E-state index contributed by atoms with van der Waals surface area (Å²) < 4.78 is 0. The van der Waals surface area contributed by atoms with Gasteiger partial charge in [0.25, 0.3) is 0 Å². The third-order valence-corrected chi connectivity index (χ3v) is 2.89. The van der Waals surface area contributed by atoms with E-state index in [-0.39, 0.29) is 24.5 Å². The first-order chi connectivity index (χ1) is 7.31. The Kier molecular flexibility index (Phi) is 3.02. The van der Waals surface area contributed by atoms with Crippen LogP contribution in [0.15, 0.2) is 30.3 Å². The van der Waals surface area contributed by atoms with Crippen molar-refractivity contribution < 1.29 is 9.90 Å². The number of amides is 1. The van der Waals surface area contributed by atoms with Gasteiger partial charge in [-0.15, -0.1) is 0 Å². The summed E-state index contributed by atoms with van der Waals surface area (Å²) in [5.74, 6) is 0.150. The number of rotatable bonds is 4. The Morgan fingerprint density at radius 2 is 2.00 bits per heavy atom. The fourth-order valence-corrected chi connectivity index (χ4v) is 1.99. The molecule has 0 spiro atoms. The van der Waals surface area contributed by atoms with Crippen LogP contribution in [0.3, 0.4) is 0 Å².